The molecule has 2 N–H and O–H groups in total. The fourth-order valence-corrected chi connectivity index (χ4v) is 3.63. The lowest BCUT2D eigenvalue weighted by atomic mass is 10.1. The zero-order chi connectivity index (χ0) is 17.5. The molecule has 0 atom stereocenters. The highest BCUT2D eigenvalue weighted by Gasteiger charge is 2.07. The van der Waals surface area contributed by atoms with Gasteiger partial charge in [0, 0.05) is 28.3 Å². The summed E-state index contributed by atoms with van der Waals surface area (Å²) in [6, 6.07) is 9.58. The van der Waals surface area contributed by atoms with Gasteiger partial charge in [0.15, 0.2) is 0 Å². The number of rotatable bonds is 8. The third-order valence-corrected chi connectivity index (χ3v) is 4.84. The standard InChI is InChI=1S/C19H23NO3S/c1-13-11-16(14(2)24-13)6-4-8-18(21)20-17-7-3-5-15(12-17)9-10-19(22)23/h3,5,7,11-12H,4,6,8-10H2,1-2H3,(H,20,21)(H,22,23). The smallest absolute Gasteiger partial charge is 0.303 e. The van der Waals surface area contributed by atoms with Crippen LogP contribution in [0, 0.1) is 13.8 Å². The van der Waals surface area contributed by atoms with Gasteiger partial charge >= 0.3 is 5.97 Å². The predicted octanol–water partition coefficient (Wildman–Crippen LogP) is 4.34. The van der Waals surface area contributed by atoms with Crippen molar-refractivity contribution in [2.45, 2.75) is 46.0 Å². The van der Waals surface area contributed by atoms with Gasteiger partial charge < -0.3 is 10.4 Å². The summed E-state index contributed by atoms with van der Waals surface area (Å²) in [6.07, 6.45) is 2.78. The first-order valence-corrected chi connectivity index (χ1v) is 8.92. The largest absolute Gasteiger partial charge is 0.481 e. The van der Waals surface area contributed by atoms with Gasteiger partial charge in [-0.15, -0.1) is 11.3 Å². The number of hydrogen-bond donors (Lipinski definition) is 2. The molecule has 2 aromatic rings. The van der Waals surface area contributed by atoms with Crippen LogP contribution >= 0.6 is 11.3 Å². The van der Waals surface area contributed by atoms with Gasteiger partial charge in [-0.05, 0) is 62.4 Å². The molecule has 1 aromatic heterocycles. The van der Waals surface area contributed by atoms with Crippen LogP contribution in [0.3, 0.4) is 0 Å². The number of carboxylic acids is 1. The van der Waals surface area contributed by atoms with Crippen molar-refractivity contribution < 1.29 is 14.7 Å². The molecular formula is C19H23NO3S. The normalized spacial score (nSPS) is 10.6. The van der Waals surface area contributed by atoms with Gasteiger partial charge in [0.25, 0.3) is 0 Å². The van der Waals surface area contributed by atoms with Gasteiger partial charge in [-0.1, -0.05) is 12.1 Å². The van der Waals surface area contributed by atoms with Gasteiger partial charge in [0.05, 0.1) is 0 Å². The van der Waals surface area contributed by atoms with Crippen molar-refractivity contribution in [3.63, 3.8) is 0 Å². The molecule has 4 nitrogen and oxygen atoms in total. The number of aliphatic carboxylic acids is 1. The molecule has 0 bridgehead atoms. The molecule has 1 aromatic carbocycles. The monoisotopic (exact) mass is 345 g/mol. The van der Waals surface area contributed by atoms with Crippen LogP contribution in [-0.2, 0) is 22.4 Å². The van der Waals surface area contributed by atoms with Crippen molar-refractivity contribution in [3.8, 4) is 0 Å². The Kier molecular flexibility index (Phi) is 6.55. The number of thiophene rings is 1. The van der Waals surface area contributed by atoms with Gasteiger partial charge in [0.2, 0.25) is 5.91 Å². The molecular weight excluding hydrogens is 322 g/mol. The first-order chi connectivity index (χ1) is 11.4. The summed E-state index contributed by atoms with van der Waals surface area (Å²) in [5, 5.41) is 11.6. The Hall–Kier alpha value is -2.14. The van der Waals surface area contributed by atoms with Crippen molar-refractivity contribution in [2.75, 3.05) is 5.32 Å². The molecule has 0 aliphatic rings. The molecule has 128 valence electrons. The number of benzene rings is 1. The van der Waals surface area contributed by atoms with E-state index in [4.69, 9.17) is 5.11 Å². The highest BCUT2D eigenvalue weighted by atomic mass is 32.1. The van der Waals surface area contributed by atoms with Crippen molar-refractivity contribution in [1.29, 1.82) is 0 Å². The molecule has 0 saturated heterocycles. The summed E-state index contributed by atoms with van der Waals surface area (Å²) < 4.78 is 0. The van der Waals surface area contributed by atoms with E-state index >= 15 is 0 Å². The average molecular weight is 345 g/mol. The number of carbonyl (C=O) groups is 2. The number of amides is 1. The van der Waals surface area contributed by atoms with Crippen molar-refractivity contribution in [1.82, 2.24) is 0 Å². The Morgan fingerprint density at radius 1 is 1.12 bits per heavy atom. The Morgan fingerprint density at radius 2 is 1.92 bits per heavy atom. The summed E-state index contributed by atoms with van der Waals surface area (Å²) in [7, 11) is 0. The third-order valence-electron chi connectivity index (χ3n) is 3.83. The maximum atomic E-state index is 12.1. The van der Waals surface area contributed by atoms with Crippen LogP contribution in [0.5, 0.6) is 0 Å². The zero-order valence-corrected chi connectivity index (χ0v) is 14.9. The van der Waals surface area contributed by atoms with E-state index < -0.39 is 5.97 Å². The quantitative estimate of drug-likeness (QED) is 0.748. The molecule has 0 radical (unpaired) electrons. The van der Waals surface area contributed by atoms with Crippen LogP contribution in [0.15, 0.2) is 30.3 Å². The first kappa shape index (κ1) is 18.2. The van der Waals surface area contributed by atoms with Crippen LogP contribution in [-0.4, -0.2) is 17.0 Å². The summed E-state index contributed by atoms with van der Waals surface area (Å²) in [5.74, 6) is -0.821. The minimum atomic E-state index is -0.816. The van der Waals surface area contributed by atoms with Gasteiger partial charge in [-0.25, -0.2) is 0 Å². The van der Waals surface area contributed by atoms with Crippen LogP contribution in [0.25, 0.3) is 0 Å². The van der Waals surface area contributed by atoms with Gasteiger partial charge in [-0.2, -0.15) is 0 Å². The number of carbonyl (C=O) groups excluding carboxylic acids is 1. The highest BCUT2D eigenvalue weighted by Crippen LogP contribution is 2.22. The SMILES string of the molecule is Cc1cc(CCCC(=O)Nc2cccc(CCC(=O)O)c2)c(C)s1. The molecule has 2 rings (SSSR count). The predicted molar refractivity (Wildman–Crippen MR) is 97.8 cm³/mol. The summed E-state index contributed by atoms with van der Waals surface area (Å²) in [5.41, 5.74) is 2.98. The third kappa shape index (κ3) is 5.81. The molecule has 1 amide bonds. The number of nitrogens with one attached hydrogen (secondary N) is 1. The highest BCUT2D eigenvalue weighted by molar-refractivity contribution is 7.12. The van der Waals surface area contributed by atoms with E-state index in [1.54, 1.807) is 11.3 Å². The van der Waals surface area contributed by atoms with Crippen LogP contribution in [0.2, 0.25) is 0 Å². The minimum Gasteiger partial charge on any atom is -0.481 e. The molecule has 0 fully saturated rings. The lowest BCUT2D eigenvalue weighted by molar-refractivity contribution is -0.137. The van der Waals surface area contributed by atoms with Crippen molar-refractivity contribution in [3.05, 3.63) is 51.2 Å². The second kappa shape index (κ2) is 8.64. The fourth-order valence-electron chi connectivity index (χ4n) is 2.65. The Morgan fingerprint density at radius 3 is 2.58 bits per heavy atom. The number of hydrogen-bond acceptors (Lipinski definition) is 3. The summed E-state index contributed by atoms with van der Waals surface area (Å²) in [6.45, 7) is 4.22. The lowest BCUT2D eigenvalue weighted by Gasteiger charge is -2.07. The molecule has 1 heterocycles. The molecule has 5 heteroatoms. The Balaban J connectivity index is 1.80. The van der Waals surface area contributed by atoms with E-state index in [-0.39, 0.29) is 12.3 Å². The van der Waals surface area contributed by atoms with Crippen LogP contribution < -0.4 is 5.32 Å². The number of anilines is 1. The van der Waals surface area contributed by atoms with E-state index in [2.05, 4.69) is 25.2 Å². The Bertz CT molecular complexity index is 721. The van der Waals surface area contributed by atoms with Crippen molar-refractivity contribution in [2.24, 2.45) is 0 Å². The maximum absolute atomic E-state index is 12.1. The second-order valence-electron chi connectivity index (χ2n) is 5.93. The zero-order valence-electron chi connectivity index (χ0n) is 14.1. The van der Waals surface area contributed by atoms with Gasteiger partial charge in [-0.3, -0.25) is 9.59 Å². The second-order valence-corrected chi connectivity index (χ2v) is 7.39. The maximum Gasteiger partial charge on any atom is 0.303 e. The van der Waals surface area contributed by atoms with E-state index in [0.29, 0.717) is 12.8 Å². The first-order valence-electron chi connectivity index (χ1n) is 8.10. The van der Waals surface area contributed by atoms with E-state index in [0.717, 1.165) is 24.1 Å². The fraction of sp³-hybridized carbons (Fsp3) is 0.368. The molecule has 0 aliphatic carbocycles. The van der Waals surface area contributed by atoms with E-state index in [1.165, 1.54) is 15.3 Å². The number of aryl methyl sites for hydroxylation is 4. The molecule has 0 aliphatic heterocycles. The topological polar surface area (TPSA) is 66.4 Å². The molecule has 0 unspecified atom stereocenters. The Labute approximate surface area is 146 Å². The van der Waals surface area contributed by atoms with E-state index in [9.17, 15) is 9.59 Å². The molecule has 0 saturated carbocycles. The molecule has 0 spiro atoms. The number of carboxylic acid groups (broad SMARTS) is 1. The van der Waals surface area contributed by atoms with Crippen LogP contribution in [0.1, 0.15) is 40.1 Å². The summed E-state index contributed by atoms with van der Waals surface area (Å²) in [4.78, 5) is 25.3. The van der Waals surface area contributed by atoms with Crippen molar-refractivity contribution >= 4 is 28.9 Å². The summed E-state index contributed by atoms with van der Waals surface area (Å²) >= 11 is 1.80. The lowest BCUT2D eigenvalue weighted by Crippen LogP contribution is -2.11. The van der Waals surface area contributed by atoms with Gasteiger partial charge in [0.1, 0.15) is 0 Å². The van der Waals surface area contributed by atoms with E-state index in [1.807, 2.05) is 24.3 Å². The average Bonchev–Trinajstić information content (AvgIpc) is 2.83. The minimum absolute atomic E-state index is 0.00464. The molecule has 24 heavy (non-hydrogen) atoms. The van der Waals surface area contributed by atoms with Crippen LogP contribution in [0.4, 0.5) is 5.69 Å².